The highest BCUT2D eigenvalue weighted by molar-refractivity contribution is 5.27. The van der Waals surface area contributed by atoms with Gasteiger partial charge in [-0.3, -0.25) is 0 Å². The summed E-state index contributed by atoms with van der Waals surface area (Å²) in [6.45, 7) is 5.79. The van der Waals surface area contributed by atoms with Crippen molar-refractivity contribution in [2.45, 2.75) is 38.7 Å². The van der Waals surface area contributed by atoms with Crippen molar-refractivity contribution in [1.82, 2.24) is 0 Å². The minimum Gasteiger partial charge on any atom is -0.491 e. The van der Waals surface area contributed by atoms with Crippen LogP contribution in [0.1, 0.15) is 31.7 Å². The van der Waals surface area contributed by atoms with Gasteiger partial charge in [0, 0.05) is 12.8 Å². The van der Waals surface area contributed by atoms with Gasteiger partial charge in [-0.2, -0.15) is 0 Å². The van der Waals surface area contributed by atoms with E-state index in [0.29, 0.717) is 6.61 Å². The molecule has 1 unspecified atom stereocenters. The number of hydrogen-bond acceptors (Lipinski definition) is 2. The van der Waals surface area contributed by atoms with Crippen LogP contribution in [0, 0.1) is 0 Å². The van der Waals surface area contributed by atoms with E-state index >= 15 is 0 Å². The molecule has 3 nitrogen and oxygen atoms in total. The van der Waals surface area contributed by atoms with Crippen LogP contribution < -0.4 is 9.64 Å². The summed E-state index contributed by atoms with van der Waals surface area (Å²) in [5.74, 6) is 0.857. The smallest absolute Gasteiger partial charge is 0.137 e. The molecule has 1 fully saturated rings. The largest absolute Gasteiger partial charge is 0.491 e. The molecule has 2 rings (SSSR count). The summed E-state index contributed by atoms with van der Waals surface area (Å²) in [4.78, 5) is 1.51. The maximum Gasteiger partial charge on any atom is 0.137 e. The highest BCUT2D eigenvalue weighted by atomic mass is 16.5. The molecule has 1 aliphatic rings. The van der Waals surface area contributed by atoms with E-state index in [-0.39, 0.29) is 6.10 Å². The molecule has 0 amide bonds. The van der Waals surface area contributed by atoms with Crippen LogP contribution in [0.15, 0.2) is 24.3 Å². The topological polar surface area (TPSA) is 33.9 Å². The molecule has 0 aliphatic carbocycles. The number of quaternary nitrogens is 1. The van der Waals surface area contributed by atoms with Gasteiger partial charge in [-0.05, 0) is 24.1 Å². The molecule has 1 atom stereocenters. The monoisotopic (exact) mass is 264 g/mol. The van der Waals surface area contributed by atoms with Gasteiger partial charge in [0.25, 0.3) is 0 Å². The average molecular weight is 264 g/mol. The van der Waals surface area contributed by atoms with E-state index < -0.39 is 0 Å². The normalized spacial score (nSPS) is 17.6. The van der Waals surface area contributed by atoms with Crippen LogP contribution in [0.4, 0.5) is 0 Å². The van der Waals surface area contributed by atoms with Crippen LogP contribution in [0.2, 0.25) is 0 Å². The predicted molar refractivity (Wildman–Crippen MR) is 76.7 cm³/mol. The number of benzene rings is 1. The Morgan fingerprint density at radius 1 is 1.21 bits per heavy atom. The third-order valence-electron chi connectivity index (χ3n) is 3.74. The maximum atomic E-state index is 9.96. The molecule has 0 spiro atoms. The molecule has 0 bridgehead atoms. The van der Waals surface area contributed by atoms with Crippen LogP contribution >= 0.6 is 0 Å². The van der Waals surface area contributed by atoms with Crippen molar-refractivity contribution < 1.29 is 14.7 Å². The zero-order chi connectivity index (χ0) is 13.5. The van der Waals surface area contributed by atoms with Gasteiger partial charge < -0.3 is 14.7 Å². The fourth-order valence-electron chi connectivity index (χ4n) is 2.70. The Balaban J connectivity index is 1.71. The molecule has 1 aromatic rings. The van der Waals surface area contributed by atoms with E-state index in [1.165, 1.54) is 36.4 Å². The highest BCUT2D eigenvalue weighted by Gasteiger charge is 2.19. The lowest BCUT2D eigenvalue weighted by Gasteiger charge is -2.17. The number of aliphatic hydroxyl groups is 1. The number of rotatable bonds is 7. The summed E-state index contributed by atoms with van der Waals surface area (Å²) in [6.07, 6.45) is 4.51. The minimum atomic E-state index is -0.358. The molecule has 1 saturated heterocycles. The molecule has 1 aromatic carbocycles. The minimum absolute atomic E-state index is 0.358. The van der Waals surface area contributed by atoms with Crippen molar-refractivity contribution in [3.05, 3.63) is 29.8 Å². The number of nitrogens with one attached hydrogen (secondary N) is 1. The van der Waals surface area contributed by atoms with Crippen molar-refractivity contribution >= 4 is 0 Å². The molecule has 0 aromatic heterocycles. The predicted octanol–water partition coefficient (Wildman–Crippen LogP) is 1.06. The van der Waals surface area contributed by atoms with Crippen LogP contribution in [-0.4, -0.2) is 37.5 Å². The SMILES string of the molecule is CCCc1ccc(OCC(O)C[NH+]2CCCC2)cc1. The first-order valence-electron chi connectivity index (χ1n) is 7.51. The van der Waals surface area contributed by atoms with E-state index in [1.54, 1.807) is 0 Å². The van der Waals surface area contributed by atoms with Gasteiger partial charge in [0.05, 0.1) is 13.1 Å². The first kappa shape index (κ1) is 14.4. The standard InChI is InChI=1S/C16H25NO2/c1-2-5-14-6-8-16(9-7-14)19-13-15(18)12-17-10-3-4-11-17/h6-9,15,18H,2-5,10-13H2,1H3/p+1. The van der Waals surface area contributed by atoms with E-state index in [4.69, 9.17) is 4.74 Å². The molecular weight excluding hydrogens is 238 g/mol. The second-order valence-electron chi connectivity index (χ2n) is 5.52. The Morgan fingerprint density at radius 2 is 1.89 bits per heavy atom. The Kier molecular flexibility index (Phi) is 5.67. The molecule has 3 heteroatoms. The summed E-state index contributed by atoms with van der Waals surface area (Å²) in [5.41, 5.74) is 1.34. The molecule has 19 heavy (non-hydrogen) atoms. The zero-order valence-corrected chi connectivity index (χ0v) is 11.9. The second kappa shape index (κ2) is 7.51. The van der Waals surface area contributed by atoms with Gasteiger partial charge >= 0.3 is 0 Å². The Hall–Kier alpha value is -1.06. The third-order valence-corrected chi connectivity index (χ3v) is 3.74. The van der Waals surface area contributed by atoms with Crippen molar-refractivity contribution in [2.75, 3.05) is 26.2 Å². The Labute approximate surface area is 116 Å². The van der Waals surface area contributed by atoms with Crippen molar-refractivity contribution in [3.63, 3.8) is 0 Å². The first-order chi connectivity index (χ1) is 9.28. The quantitative estimate of drug-likeness (QED) is 0.772. The Bertz CT molecular complexity index is 358. The maximum absolute atomic E-state index is 9.96. The van der Waals surface area contributed by atoms with Gasteiger partial charge in [-0.15, -0.1) is 0 Å². The van der Waals surface area contributed by atoms with Gasteiger partial charge in [-0.25, -0.2) is 0 Å². The van der Waals surface area contributed by atoms with E-state index in [0.717, 1.165) is 25.1 Å². The number of hydrogen-bond donors (Lipinski definition) is 2. The molecular formula is C16H26NO2+. The molecule has 0 radical (unpaired) electrons. The molecule has 2 N–H and O–H groups in total. The third kappa shape index (κ3) is 4.84. The van der Waals surface area contributed by atoms with Crippen molar-refractivity contribution in [1.29, 1.82) is 0 Å². The van der Waals surface area contributed by atoms with Gasteiger partial charge in [0.15, 0.2) is 0 Å². The number of ether oxygens (including phenoxy) is 1. The number of aryl methyl sites for hydroxylation is 1. The van der Waals surface area contributed by atoms with Crippen molar-refractivity contribution in [2.24, 2.45) is 0 Å². The van der Waals surface area contributed by atoms with E-state index in [9.17, 15) is 5.11 Å². The van der Waals surface area contributed by atoms with Crippen LogP contribution in [0.3, 0.4) is 0 Å². The van der Waals surface area contributed by atoms with Gasteiger partial charge in [-0.1, -0.05) is 25.5 Å². The van der Waals surface area contributed by atoms with E-state index in [2.05, 4.69) is 19.1 Å². The summed E-state index contributed by atoms with van der Waals surface area (Å²) < 4.78 is 5.65. The highest BCUT2D eigenvalue weighted by Crippen LogP contribution is 2.13. The van der Waals surface area contributed by atoms with Crippen LogP contribution in [0.5, 0.6) is 5.75 Å². The molecule has 1 heterocycles. The van der Waals surface area contributed by atoms with Crippen molar-refractivity contribution in [3.8, 4) is 5.75 Å². The lowest BCUT2D eigenvalue weighted by Crippen LogP contribution is -3.11. The average Bonchev–Trinajstić information content (AvgIpc) is 2.91. The fraction of sp³-hybridized carbons (Fsp3) is 0.625. The Morgan fingerprint density at radius 3 is 2.53 bits per heavy atom. The first-order valence-corrected chi connectivity index (χ1v) is 7.51. The van der Waals surface area contributed by atoms with Crippen LogP contribution in [-0.2, 0) is 6.42 Å². The number of aliphatic hydroxyl groups excluding tert-OH is 1. The lowest BCUT2D eigenvalue weighted by molar-refractivity contribution is -0.890. The summed E-state index contributed by atoms with van der Waals surface area (Å²) in [6, 6.07) is 8.22. The van der Waals surface area contributed by atoms with E-state index in [1.807, 2.05) is 12.1 Å². The second-order valence-corrected chi connectivity index (χ2v) is 5.52. The molecule has 1 aliphatic heterocycles. The summed E-state index contributed by atoms with van der Waals surface area (Å²) in [7, 11) is 0. The molecule has 0 saturated carbocycles. The van der Waals surface area contributed by atoms with Crippen LogP contribution in [0.25, 0.3) is 0 Å². The van der Waals surface area contributed by atoms with Gasteiger partial charge in [0.1, 0.15) is 25.0 Å². The fourth-order valence-corrected chi connectivity index (χ4v) is 2.70. The van der Waals surface area contributed by atoms with Gasteiger partial charge in [0.2, 0.25) is 0 Å². The summed E-state index contributed by atoms with van der Waals surface area (Å²) in [5, 5.41) is 9.96. The number of likely N-dealkylation sites (tertiary alicyclic amines) is 1. The summed E-state index contributed by atoms with van der Waals surface area (Å²) >= 11 is 0. The molecule has 106 valence electrons. The zero-order valence-electron chi connectivity index (χ0n) is 11.9. The lowest BCUT2D eigenvalue weighted by atomic mass is 10.1.